The molecule has 114 valence electrons. The Labute approximate surface area is 123 Å². The number of unbranched alkanes of at least 4 members (excludes halogenated alkanes) is 2. The second kappa shape index (κ2) is 8.08. The van der Waals surface area contributed by atoms with E-state index in [1.807, 2.05) is 20.0 Å². The van der Waals surface area contributed by atoms with Crippen molar-refractivity contribution in [1.82, 2.24) is 9.97 Å². The third-order valence-electron chi connectivity index (χ3n) is 3.50. The van der Waals surface area contributed by atoms with Crippen LogP contribution in [0.5, 0.6) is 0 Å². The normalized spacial score (nSPS) is 11.4. The monoisotopic (exact) mass is 278 g/mol. The Bertz CT molecular complexity index is 401. The molecule has 4 heteroatoms. The van der Waals surface area contributed by atoms with Crippen molar-refractivity contribution in [2.24, 2.45) is 5.41 Å². The lowest BCUT2D eigenvalue weighted by Gasteiger charge is -2.25. The molecule has 0 unspecified atom stereocenters. The highest BCUT2D eigenvalue weighted by atomic mass is 15.1. The van der Waals surface area contributed by atoms with Gasteiger partial charge in [0.15, 0.2) is 0 Å². The van der Waals surface area contributed by atoms with Crippen LogP contribution >= 0.6 is 0 Å². The van der Waals surface area contributed by atoms with Crippen LogP contribution < -0.4 is 10.6 Å². The Morgan fingerprint density at radius 1 is 1.15 bits per heavy atom. The molecule has 0 radical (unpaired) electrons. The second-order valence-electron chi connectivity index (χ2n) is 6.23. The van der Waals surface area contributed by atoms with Crippen LogP contribution in [0.25, 0.3) is 0 Å². The molecule has 0 fully saturated rings. The average molecular weight is 278 g/mol. The molecule has 0 aliphatic heterocycles. The largest absolute Gasteiger partial charge is 0.369 e. The predicted octanol–water partition coefficient (Wildman–Crippen LogP) is 4.24. The predicted molar refractivity (Wildman–Crippen MR) is 87.3 cm³/mol. The number of anilines is 2. The number of aromatic nitrogens is 2. The number of hydrogen-bond donors (Lipinski definition) is 2. The molecule has 0 aromatic carbocycles. The van der Waals surface area contributed by atoms with Gasteiger partial charge in [-0.1, -0.05) is 40.0 Å². The Morgan fingerprint density at radius 3 is 2.55 bits per heavy atom. The molecule has 0 amide bonds. The summed E-state index contributed by atoms with van der Waals surface area (Å²) in [5.41, 5.74) is 1.39. The van der Waals surface area contributed by atoms with Crippen LogP contribution in [0.15, 0.2) is 6.20 Å². The van der Waals surface area contributed by atoms with Gasteiger partial charge in [-0.2, -0.15) is 4.98 Å². The number of rotatable bonds is 9. The summed E-state index contributed by atoms with van der Waals surface area (Å²) in [5, 5.41) is 6.64. The summed E-state index contributed by atoms with van der Waals surface area (Å²) >= 11 is 0. The van der Waals surface area contributed by atoms with Gasteiger partial charge in [0.2, 0.25) is 5.95 Å². The van der Waals surface area contributed by atoms with E-state index in [0.29, 0.717) is 11.4 Å². The molecule has 0 spiro atoms. The standard InChI is InChI=1S/C16H30N4/c1-6-8-9-10-16(4,5)12-19-14-13(3)11-18-15(20-14)17-7-2/h11H,6-10,12H2,1-5H3,(H2,17,18,19,20). The van der Waals surface area contributed by atoms with Gasteiger partial charge < -0.3 is 10.6 Å². The molecule has 1 aromatic rings. The van der Waals surface area contributed by atoms with Crippen LogP contribution in [0, 0.1) is 12.3 Å². The molecule has 0 bridgehead atoms. The third kappa shape index (κ3) is 5.76. The molecule has 1 rings (SSSR count). The molecule has 0 atom stereocenters. The zero-order valence-electron chi connectivity index (χ0n) is 13.7. The molecule has 1 heterocycles. The van der Waals surface area contributed by atoms with Gasteiger partial charge in [-0.15, -0.1) is 0 Å². The number of hydrogen-bond acceptors (Lipinski definition) is 4. The van der Waals surface area contributed by atoms with Gasteiger partial charge in [0.25, 0.3) is 0 Å². The summed E-state index contributed by atoms with van der Waals surface area (Å²) in [6.07, 6.45) is 7.02. The fraction of sp³-hybridized carbons (Fsp3) is 0.750. The Hall–Kier alpha value is -1.32. The van der Waals surface area contributed by atoms with E-state index >= 15 is 0 Å². The van der Waals surface area contributed by atoms with Crippen LogP contribution in [0.3, 0.4) is 0 Å². The minimum absolute atomic E-state index is 0.297. The van der Waals surface area contributed by atoms with Gasteiger partial charge in [0.05, 0.1) is 0 Å². The first-order valence-electron chi connectivity index (χ1n) is 7.80. The van der Waals surface area contributed by atoms with Gasteiger partial charge in [-0.25, -0.2) is 4.98 Å². The van der Waals surface area contributed by atoms with E-state index in [4.69, 9.17) is 0 Å². The maximum absolute atomic E-state index is 4.53. The Balaban J connectivity index is 2.57. The fourth-order valence-electron chi connectivity index (χ4n) is 2.13. The summed E-state index contributed by atoms with van der Waals surface area (Å²) in [6.45, 7) is 12.8. The Morgan fingerprint density at radius 2 is 1.90 bits per heavy atom. The van der Waals surface area contributed by atoms with Crippen LogP contribution in [0.2, 0.25) is 0 Å². The molecule has 0 aliphatic carbocycles. The number of nitrogens with zero attached hydrogens (tertiary/aromatic N) is 2. The highest BCUT2D eigenvalue weighted by Gasteiger charge is 2.17. The highest BCUT2D eigenvalue weighted by molar-refractivity contribution is 5.46. The van der Waals surface area contributed by atoms with Gasteiger partial charge in [-0.05, 0) is 25.7 Å². The molecular weight excluding hydrogens is 248 g/mol. The Kier molecular flexibility index (Phi) is 6.76. The van der Waals surface area contributed by atoms with Gasteiger partial charge in [0.1, 0.15) is 5.82 Å². The minimum Gasteiger partial charge on any atom is -0.369 e. The zero-order valence-corrected chi connectivity index (χ0v) is 13.7. The molecule has 1 aromatic heterocycles. The van der Waals surface area contributed by atoms with Gasteiger partial charge in [-0.3, -0.25) is 0 Å². The first kappa shape index (κ1) is 16.7. The molecule has 0 saturated heterocycles. The molecule has 20 heavy (non-hydrogen) atoms. The molecule has 0 aliphatic rings. The first-order valence-corrected chi connectivity index (χ1v) is 7.80. The van der Waals surface area contributed by atoms with Crippen molar-refractivity contribution in [3.05, 3.63) is 11.8 Å². The summed E-state index contributed by atoms with van der Waals surface area (Å²) < 4.78 is 0. The van der Waals surface area contributed by atoms with E-state index in [1.165, 1.54) is 25.7 Å². The SMILES string of the molecule is CCCCCC(C)(C)CNc1nc(NCC)ncc1C. The van der Waals surface area contributed by atoms with E-state index < -0.39 is 0 Å². The van der Waals surface area contributed by atoms with Crippen molar-refractivity contribution in [2.75, 3.05) is 23.7 Å². The van der Waals surface area contributed by atoms with Crippen molar-refractivity contribution < 1.29 is 0 Å². The number of nitrogens with one attached hydrogen (secondary N) is 2. The lowest BCUT2D eigenvalue weighted by molar-refractivity contribution is 0.342. The minimum atomic E-state index is 0.297. The average Bonchev–Trinajstić information content (AvgIpc) is 2.40. The summed E-state index contributed by atoms with van der Waals surface area (Å²) in [7, 11) is 0. The van der Waals surface area contributed by atoms with E-state index in [0.717, 1.165) is 24.5 Å². The van der Waals surface area contributed by atoms with Gasteiger partial charge >= 0.3 is 0 Å². The first-order chi connectivity index (χ1) is 9.48. The van der Waals surface area contributed by atoms with Crippen LogP contribution in [0.1, 0.15) is 58.9 Å². The van der Waals surface area contributed by atoms with Crippen molar-refractivity contribution in [3.8, 4) is 0 Å². The van der Waals surface area contributed by atoms with Crippen LogP contribution in [-0.2, 0) is 0 Å². The molecule has 4 nitrogen and oxygen atoms in total. The molecular formula is C16H30N4. The van der Waals surface area contributed by atoms with E-state index in [9.17, 15) is 0 Å². The van der Waals surface area contributed by atoms with Crippen LogP contribution in [0.4, 0.5) is 11.8 Å². The zero-order chi connectivity index (χ0) is 15.0. The third-order valence-corrected chi connectivity index (χ3v) is 3.50. The fourth-order valence-corrected chi connectivity index (χ4v) is 2.13. The quantitative estimate of drug-likeness (QED) is 0.663. The summed E-state index contributed by atoms with van der Waals surface area (Å²) in [4.78, 5) is 8.80. The van der Waals surface area contributed by atoms with Crippen molar-refractivity contribution >= 4 is 11.8 Å². The lowest BCUT2D eigenvalue weighted by atomic mass is 9.87. The maximum Gasteiger partial charge on any atom is 0.224 e. The maximum atomic E-state index is 4.53. The molecule has 0 saturated carbocycles. The summed E-state index contributed by atoms with van der Waals surface area (Å²) in [6, 6.07) is 0. The van der Waals surface area contributed by atoms with E-state index in [2.05, 4.69) is 41.4 Å². The van der Waals surface area contributed by atoms with E-state index in [-0.39, 0.29) is 0 Å². The highest BCUT2D eigenvalue weighted by Crippen LogP contribution is 2.25. The van der Waals surface area contributed by atoms with Crippen molar-refractivity contribution in [2.45, 2.75) is 60.3 Å². The topological polar surface area (TPSA) is 49.8 Å². The second-order valence-corrected chi connectivity index (χ2v) is 6.23. The van der Waals surface area contributed by atoms with Crippen LogP contribution in [-0.4, -0.2) is 23.1 Å². The van der Waals surface area contributed by atoms with Crippen molar-refractivity contribution in [1.29, 1.82) is 0 Å². The number of aryl methyl sites for hydroxylation is 1. The van der Waals surface area contributed by atoms with E-state index in [1.54, 1.807) is 0 Å². The summed E-state index contributed by atoms with van der Waals surface area (Å²) in [5.74, 6) is 1.64. The lowest BCUT2D eigenvalue weighted by Crippen LogP contribution is -2.24. The van der Waals surface area contributed by atoms with Crippen molar-refractivity contribution in [3.63, 3.8) is 0 Å². The molecule has 2 N–H and O–H groups in total. The smallest absolute Gasteiger partial charge is 0.224 e. The van der Waals surface area contributed by atoms with Gasteiger partial charge in [0, 0.05) is 24.8 Å².